The minimum absolute atomic E-state index is 0.0764. The van der Waals surface area contributed by atoms with E-state index in [-0.39, 0.29) is 5.75 Å². The van der Waals surface area contributed by atoms with Crippen molar-refractivity contribution in [1.29, 1.82) is 0 Å². The van der Waals surface area contributed by atoms with Gasteiger partial charge in [-0.05, 0) is 25.0 Å². The van der Waals surface area contributed by atoms with Gasteiger partial charge in [0.25, 0.3) is 0 Å². The van der Waals surface area contributed by atoms with Gasteiger partial charge in [0.2, 0.25) is 0 Å². The van der Waals surface area contributed by atoms with E-state index in [2.05, 4.69) is 44.7 Å². The molecule has 0 N–H and O–H groups in total. The highest BCUT2D eigenvalue weighted by molar-refractivity contribution is 7.90. The van der Waals surface area contributed by atoms with Crippen LogP contribution in [0.25, 0.3) is 0 Å². The minimum atomic E-state index is -2.79. The molecular formula is C12H18O2S. The number of sulfone groups is 1. The van der Waals surface area contributed by atoms with Gasteiger partial charge in [-0.1, -0.05) is 30.3 Å². The number of benzene rings is 1. The van der Waals surface area contributed by atoms with Gasteiger partial charge in [-0.25, -0.2) is 8.42 Å². The fourth-order valence-electron chi connectivity index (χ4n) is 0.877. The maximum atomic E-state index is 10.2. The van der Waals surface area contributed by atoms with E-state index in [1.165, 1.54) is 23.5 Å². The first kappa shape index (κ1) is 13.9. The van der Waals surface area contributed by atoms with E-state index in [0.29, 0.717) is 0 Å². The fourth-order valence-corrected chi connectivity index (χ4v) is 1.30. The summed E-state index contributed by atoms with van der Waals surface area (Å²) in [7, 11) is -2.79. The second-order valence-electron chi connectivity index (χ2n) is 3.47. The Hall–Kier alpha value is -1.09. The maximum Gasteiger partial charge on any atom is 0.150 e. The van der Waals surface area contributed by atoms with Crippen LogP contribution in [-0.2, 0) is 9.84 Å². The molecule has 0 aromatic heterocycles. The smallest absolute Gasteiger partial charge is 0.150 e. The molecule has 1 rings (SSSR count). The van der Waals surface area contributed by atoms with Crippen molar-refractivity contribution in [3.8, 4) is 0 Å². The summed E-state index contributed by atoms with van der Waals surface area (Å²) in [5.41, 5.74) is 2.74. The van der Waals surface area contributed by atoms with Crippen LogP contribution in [0.4, 0.5) is 0 Å². The highest BCUT2D eigenvalue weighted by Gasteiger charge is 1.93. The van der Waals surface area contributed by atoms with E-state index in [1.807, 2.05) is 0 Å². The molecule has 0 heterocycles. The van der Waals surface area contributed by atoms with Crippen LogP contribution in [0.1, 0.15) is 11.1 Å². The number of aryl methyl sites for hydroxylation is 2. The predicted molar refractivity (Wildman–Crippen MR) is 65.8 cm³/mol. The molecule has 0 saturated heterocycles. The van der Waals surface area contributed by atoms with Crippen molar-refractivity contribution in [1.82, 2.24) is 0 Å². The summed E-state index contributed by atoms with van der Waals surface area (Å²) in [4.78, 5) is 0. The molecule has 2 nitrogen and oxygen atoms in total. The molecular weight excluding hydrogens is 208 g/mol. The summed E-state index contributed by atoms with van der Waals surface area (Å²) in [6, 6.07) is 8.36. The average Bonchev–Trinajstić information content (AvgIpc) is 2.09. The maximum absolute atomic E-state index is 10.2. The third-order valence-corrected chi connectivity index (χ3v) is 2.69. The molecule has 15 heavy (non-hydrogen) atoms. The van der Waals surface area contributed by atoms with E-state index < -0.39 is 9.84 Å². The Morgan fingerprint density at radius 3 is 1.73 bits per heavy atom. The van der Waals surface area contributed by atoms with Gasteiger partial charge in [-0.3, -0.25) is 0 Å². The molecule has 0 bridgehead atoms. The molecule has 0 fully saturated rings. The van der Waals surface area contributed by atoms with Crippen LogP contribution in [0, 0.1) is 13.8 Å². The molecule has 0 aliphatic rings. The van der Waals surface area contributed by atoms with E-state index in [4.69, 9.17) is 0 Å². The van der Waals surface area contributed by atoms with Gasteiger partial charge in [-0.15, -0.1) is 6.58 Å². The summed E-state index contributed by atoms with van der Waals surface area (Å²) in [6.45, 7) is 7.51. The normalized spacial score (nSPS) is 10.1. The molecule has 3 heteroatoms. The van der Waals surface area contributed by atoms with Crippen LogP contribution >= 0.6 is 0 Å². The van der Waals surface area contributed by atoms with Crippen LogP contribution in [0.5, 0.6) is 0 Å². The largest absolute Gasteiger partial charge is 0.229 e. The van der Waals surface area contributed by atoms with Gasteiger partial charge in [0.15, 0.2) is 9.84 Å². The SMILES string of the molecule is C=CCS(C)(=O)=O.Cc1ccccc1C. The molecule has 0 spiro atoms. The van der Waals surface area contributed by atoms with Gasteiger partial charge < -0.3 is 0 Å². The van der Waals surface area contributed by atoms with Crippen molar-refractivity contribution in [2.75, 3.05) is 12.0 Å². The molecule has 1 aromatic carbocycles. The van der Waals surface area contributed by atoms with E-state index in [1.54, 1.807) is 0 Å². The van der Waals surface area contributed by atoms with Crippen molar-refractivity contribution in [3.05, 3.63) is 48.0 Å². The second-order valence-corrected chi connectivity index (χ2v) is 5.65. The van der Waals surface area contributed by atoms with Gasteiger partial charge in [0.05, 0.1) is 5.75 Å². The summed E-state index contributed by atoms with van der Waals surface area (Å²) in [5.74, 6) is 0.0764. The first-order valence-electron chi connectivity index (χ1n) is 4.67. The lowest BCUT2D eigenvalue weighted by Crippen LogP contribution is -1.98. The van der Waals surface area contributed by atoms with Crippen molar-refractivity contribution >= 4 is 9.84 Å². The second kappa shape index (κ2) is 6.40. The Balaban J connectivity index is 0.000000265. The predicted octanol–water partition coefficient (Wildman–Crippen LogP) is 2.52. The summed E-state index contributed by atoms with van der Waals surface area (Å²) < 4.78 is 20.3. The molecule has 0 aliphatic carbocycles. The highest BCUT2D eigenvalue weighted by Crippen LogP contribution is 2.02. The Kier molecular flexibility index (Phi) is 5.94. The van der Waals surface area contributed by atoms with Crippen LogP contribution in [0.3, 0.4) is 0 Å². The molecule has 1 aromatic rings. The molecule has 0 radical (unpaired) electrons. The number of hydrogen-bond acceptors (Lipinski definition) is 2. The Morgan fingerprint density at radius 2 is 1.60 bits per heavy atom. The molecule has 0 unspecified atom stereocenters. The molecule has 0 amide bonds. The zero-order valence-electron chi connectivity index (χ0n) is 9.53. The van der Waals surface area contributed by atoms with Crippen molar-refractivity contribution in [2.45, 2.75) is 13.8 Å². The quantitative estimate of drug-likeness (QED) is 0.726. The Labute approximate surface area is 92.6 Å². The van der Waals surface area contributed by atoms with Crippen molar-refractivity contribution in [3.63, 3.8) is 0 Å². The zero-order chi connectivity index (χ0) is 11.9. The fraction of sp³-hybridized carbons (Fsp3) is 0.333. The third-order valence-electron chi connectivity index (χ3n) is 1.85. The van der Waals surface area contributed by atoms with Gasteiger partial charge in [-0.2, -0.15) is 0 Å². The Morgan fingerprint density at radius 1 is 1.20 bits per heavy atom. The lowest BCUT2D eigenvalue weighted by Gasteiger charge is -1.93. The third kappa shape index (κ3) is 7.94. The van der Waals surface area contributed by atoms with Gasteiger partial charge in [0, 0.05) is 6.26 Å². The molecule has 0 aliphatic heterocycles. The van der Waals surface area contributed by atoms with E-state index in [0.717, 1.165) is 0 Å². The first-order chi connectivity index (χ1) is 6.87. The molecule has 84 valence electrons. The van der Waals surface area contributed by atoms with Crippen LogP contribution in [-0.4, -0.2) is 20.4 Å². The Bertz CT molecular complexity index is 384. The monoisotopic (exact) mass is 226 g/mol. The van der Waals surface area contributed by atoms with Crippen LogP contribution in [0.15, 0.2) is 36.9 Å². The lowest BCUT2D eigenvalue weighted by atomic mass is 10.1. The summed E-state index contributed by atoms with van der Waals surface area (Å²) >= 11 is 0. The number of rotatable bonds is 2. The summed E-state index contributed by atoms with van der Waals surface area (Å²) in [5, 5.41) is 0. The van der Waals surface area contributed by atoms with E-state index >= 15 is 0 Å². The summed E-state index contributed by atoms with van der Waals surface area (Å²) in [6.07, 6.45) is 2.55. The minimum Gasteiger partial charge on any atom is -0.229 e. The molecule has 0 saturated carbocycles. The molecule has 0 atom stereocenters. The average molecular weight is 226 g/mol. The van der Waals surface area contributed by atoms with Crippen LogP contribution < -0.4 is 0 Å². The highest BCUT2D eigenvalue weighted by atomic mass is 32.2. The van der Waals surface area contributed by atoms with Crippen molar-refractivity contribution < 1.29 is 8.42 Å². The van der Waals surface area contributed by atoms with Gasteiger partial charge >= 0.3 is 0 Å². The lowest BCUT2D eigenvalue weighted by molar-refractivity contribution is 0.604. The van der Waals surface area contributed by atoms with E-state index in [9.17, 15) is 8.42 Å². The first-order valence-corrected chi connectivity index (χ1v) is 6.73. The zero-order valence-corrected chi connectivity index (χ0v) is 10.3. The topological polar surface area (TPSA) is 34.1 Å². The number of hydrogen-bond donors (Lipinski definition) is 0. The van der Waals surface area contributed by atoms with Gasteiger partial charge in [0.1, 0.15) is 0 Å². The van der Waals surface area contributed by atoms with Crippen molar-refractivity contribution in [2.24, 2.45) is 0 Å². The standard InChI is InChI=1S/C8H10.C4H8O2S/c1-7-5-3-4-6-8(7)2;1-3-4-7(2,5)6/h3-6H,1-2H3;3H,1,4H2,2H3. The van der Waals surface area contributed by atoms with Crippen LogP contribution in [0.2, 0.25) is 0 Å².